The second-order valence-corrected chi connectivity index (χ2v) is 6.91. The predicted molar refractivity (Wildman–Crippen MR) is 83.4 cm³/mol. The molecule has 2 aromatic heterocycles. The molecule has 2 aliphatic rings. The van der Waals surface area contributed by atoms with Crippen molar-refractivity contribution in [1.29, 1.82) is 0 Å². The number of rotatable bonds is 3. The Morgan fingerprint density at radius 3 is 3.13 bits per heavy atom. The minimum absolute atomic E-state index is 0.0284. The van der Waals surface area contributed by atoms with Gasteiger partial charge in [-0.2, -0.15) is 0 Å². The van der Waals surface area contributed by atoms with E-state index in [1.54, 1.807) is 17.4 Å². The summed E-state index contributed by atoms with van der Waals surface area (Å²) >= 11 is 1.56. The molecule has 4 rings (SSSR count). The summed E-state index contributed by atoms with van der Waals surface area (Å²) in [5.41, 5.74) is 0. The SMILES string of the molecule is Cc1nnc(N2C[C@@H](Oc3ncccc3F)[C@@H]3OCCC[C@@H]32)s1. The third-order valence-corrected chi connectivity index (χ3v) is 5.10. The number of ether oxygens (including phenoxy) is 2. The summed E-state index contributed by atoms with van der Waals surface area (Å²) in [6.45, 7) is 3.23. The van der Waals surface area contributed by atoms with Crippen molar-refractivity contribution in [3.8, 4) is 5.88 Å². The molecule has 2 saturated heterocycles. The standard InChI is InChI=1S/C15H17FN4O2S/c1-9-18-19-15(23-9)20-8-12(13-11(20)5-3-7-21-13)22-14-10(16)4-2-6-17-14/h2,4,6,11-13H,3,5,7-8H2,1H3/t11-,12+,13+/m0/s1. The Hall–Kier alpha value is -1.80. The van der Waals surface area contributed by atoms with Gasteiger partial charge in [0.2, 0.25) is 5.13 Å². The first kappa shape index (κ1) is 14.8. The lowest BCUT2D eigenvalue weighted by atomic mass is 10.0. The van der Waals surface area contributed by atoms with Crippen LogP contribution < -0.4 is 9.64 Å². The molecule has 0 bridgehead atoms. The molecule has 2 fully saturated rings. The van der Waals surface area contributed by atoms with Crippen LogP contribution in [-0.4, -0.2) is 46.6 Å². The summed E-state index contributed by atoms with van der Waals surface area (Å²) in [6.07, 6.45) is 3.16. The van der Waals surface area contributed by atoms with E-state index in [1.165, 1.54) is 12.3 Å². The van der Waals surface area contributed by atoms with Crippen LogP contribution in [0.5, 0.6) is 5.88 Å². The largest absolute Gasteiger partial charge is 0.468 e. The van der Waals surface area contributed by atoms with Crippen LogP contribution in [0.15, 0.2) is 18.3 Å². The van der Waals surface area contributed by atoms with Gasteiger partial charge in [-0.05, 0) is 31.9 Å². The van der Waals surface area contributed by atoms with E-state index in [4.69, 9.17) is 9.47 Å². The second-order valence-electron chi connectivity index (χ2n) is 5.75. The van der Waals surface area contributed by atoms with Crippen LogP contribution in [0, 0.1) is 12.7 Å². The molecule has 122 valence electrons. The predicted octanol–water partition coefficient (Wildman–Crippen LogP) is 2.20. The molecule has 0 radical (unpaired) electrons. The lowest BCUT2D eigenvalue weighted by Gasteiger charge is -2.31. The van der Waals surface area contributed by atoms with E-state index < -0.39 is 5.82 Å². The highest BCUT2D eigenvalue weighted by atomic mass is 32.1. The van der Waals surface area contributed by atoms with Gasteiger partial charge in [0.15, 0.2) is 5.82 Å². The Morgan fingerprint density at radius 1 is 1.43 bits per heavy atom. The van der Waals surface area contributed by atoms with Gasteiger partial charge in [-0.1, -0.05) is 11.3 Å². The molecule has 0 aliphatic carbocycles. The van der Waals surface area contributed by atoms with Crippen molar-refractivity contribution in [3.05, 3.63) is 29.2 Å². The van der Waals surface area contributed by atoms with Crippen molar-refractivity contribution in [2.24, 2.45) is 0 Å². The average molecular weight is 336 g/mol. The lowest BCUT2D eigenvalue weighted by Crippen LogP contribution is -2.42. The van der Waals surface area contributed by atoms with E-state index in [2.05, 4.69) is 20.1 Å². The van der Waals surface area contributed by atoms with Crippen LogP contribution in [0.3, 0.4) is 0 Å². The van der Waals surface area contributed by atoms with E-state index >= 15 is 0 Å². The van der Waals surface area contributed by atoms with Crippen LogP contribution in [-0.2, 0) is 4.74 Å². The average Bonchev–Trinajstić information content (AvgIpc) is 3.14. The molecule has 0 amide bonds. The number of fused-ring (bicyclic) bond motifs is 1. The summed E-state index contributed by atoms with van der Waals surface area (Å²) in [7, 11) is 0. The number of hydrogen-bond acceptors (Lipinski definition) is 7. The summed E-state index contributed by atoms with van der Waals surface area (Å²) in [5.74, 6) is -0.425. The van der Waals surface area contributed by atoms with Crippen LogP contribution >= 0.6 is 11.3 Å². The van der Waals surface area contributed by atoms with Crippen molar-refractivity contribution in [3.63, 3.8) is 0 Å². The third-order valence-electron chi connectivity index (χ3n) is 4.23. The highest BCUT2D eigenvalue weighted by Gasteiger charge is 2.47. The smallest absolute Gasteiger partial charge is 0.250 e. The van der Waals surface area contributed by atoms with Gasteiger partial charge in [0.25, 0.3) is 5.88 Å². The molecule has 8 heteroatoms. The Bertz CT molecular complexity index is 698. The van der Waals surface area contributed by atoms with Crippen molar-refractivity contribution in [2.45, 2.75) is 38.0 Å². The van der Waals surface area contributed by atoms with Gasteiger partial charge in [-0.25, -0.2) is 9.37 Å². The van der Waals surface area contributed by atoms with Crippen LogP contribution in [0.1, 0.15) is 17.8 Å². The highest BCUT2D eigenvalue weighted by molar-refractivity contribution is 7.15. The van der Waals surface area contributed by atoms with Crippen molar-refractivity contribution >= 4 is 16.5 Å². The number of halogens is 1. The lowest BCUT2D eigenvalue weighted by molar-refractivity contribution is -0.0381. The molecule has 3 atom stereocenters. The quantitative estimate of drug-likeness (QED) is 0.856. The molecule has 0 spiro atoms. The third kappa shape index (κ3) is 2.76. The number of hydrogen-bond donors (Lipinski definition) is 0. The van der Waals surface area contributed by atoms with Gasteiger partial charge < -0.3 is 14.4 Å². The van der Waals surface area contributed by atoms with E-state index in [1.807, 2.05) is 6.92 Å². The normalized spacial score (nSPS) is 27.0. The van der Waals surface area contributed by atoms with Crippen LogP contribution in [0.25, 0.3) is 0 Å². The summed E-state index contributed by atoms with van der Waals surface area (Å²) in [4.78, 5) is 6.17. The van der Waals surface area contributed by atoms with Crippen molar-refractivity contribution < 1.29 is 13.9 Å². The van der Waals surface area contributed by atoms with Crippen LogP contribution in [0.2, 0.25) is 0 Å². The molecule has 2 aliphatic heterocycles. The molecule has 6 nitrogen and oxygen atoms in total. The molecule has 0 saturated carbocycles. The number of anilines is 1. The highest BCUT2D eigenvalue weighted by Crippen LogP contribution is 2.36. The fourth-order valence-electron chi connectivity index (χ4n) is 3.24. The maximum absolute atomic E-state index is 13.8. The Balaban J connectivity index is 1.59. The molecule has 0 unspecified atom stereocenters. The second kappa shape index (κ2) is 6.01. The maximum atomic E-state index is 13.8. The molecular formula is C15H17FN4O2S. The summed E-state index contributed by atoms with van der Waals surface area (Å²) in [5, 5.41) is 10.1. The zero-order valence-electron chi connectivity index (χ0n) is 12.7. The zero-order valence-corrected chi connectivity index (χ0v) is 13.5. The molecular weight excluding hydrogens is 319 g/mol. The maximum Gasteiger partial charge on any atom is 0.250 e. The van der Waals surface area contributed by atoms with E-state index in [0.29, 0.717) is 13.2 Å². The first-order chi connectivity index (χ1) is 11.2. The Morgan fingerprint density at radius 2 is 2.35 bits per heavy atom. The fourth-order valence-corrected chi connectivity index (χ4v) is 3.99. The first-order valence-corrected chi connectivity index (χ1v) is 8.49. The molecule has 23 heavy (non-hydrogen) atoms. The summed E-state index contributed by atoms with van der Waals surface area (Å²) in [6, 6.07) is 3.09. The fraction of sp³-hybridized carbons (Fsp3) is 0.533. The topological polar surface area (TPSA) is 60.4 Å². The summed E-state index contributed by atoms with van der Waals surface area (Å²) < 4.78 is 25.6. The van der Waals surface area contributed by atoms with Gasteiger partial charge in [-0.3, -0.25) is 0 Å². The Kier molecular flexibility index (Phi) is 3.86. The number of aryl methyl sites for hydroxylation is 1. The number of aromatic nitrogens is 3. The van der Waals surface area contributed by atoms with E-state index in [0.717, 1.165) is 23.0 Å². The number of nitrogens with zero attached hydrogens (tertiary/aromatic N) is 4. The van der Waals surface area contributed by atoms with Crippen molar-refractivity contribution in [2.75, 3.05) is 18.1 Å². The Labute approximate surface area is 137 Å². The molecule has 2 aromatic rings. The monoisotopic (exact) mass is 336 g/mol. The minimum atomic E-state index is -0.454. The van der Waals surface area contributed by atoms with E-state index in [-0.39, 0.29) is 24.1 Å². The molecule has 0 N–H and O–H groups in total. The van der Waals surface area contributed by atoms with Gasteiger partial charge in [0, 0.05) is 12.8 Å². The number of pyridine rings is 1. The minimum Gasteiger partial charge on any atom is -0.468 e. The van der Waals surface area contributed by atoms with E-state index in [9.17, 15) is 4.39 Å². The van der Waals surface area contributed by atoms with Gasteiger partial charge >= 0.3 is 0 Å². The first-order valence-electron chi connectivity index (χ1n) is 7.68. The zero-order chi connectivity index (χ0) is 15.8. The molecule has 4 heterocycles. The van der Waals surface area contributed by atoms with Gasteiger partial charge in [0.1, 0.15) is 17.2 Å². The van der Waals surface area contributed by atoms with Crippen LogP contribution in [0.4, 0.5) is 9.52 Å². The van der Waals surface area contributed by atoms with Crippen molar-refractivity contribution in [1.82, 2.24) is 15.2 Å². The van der Waals surface area contributed by atoms with Gasteiger partial charge in [-0.15, -0.1) is 10.2 Å². The molecule has 0 aromatic carbocycles. The van der Waals surface area contributed by atoms with Gasteiger partial charge in [0.05, 0.1) is 12.6 Å².